The summed E-state index contributed by atoms with van der Waals surface area (Å²) >= 11 is 0. The smallest absolute Gasteiger partial charge is 0.0596 e. The minimum absolute atomic E-state index is 0.368. The van der Waals surface area contributed by atoms with Crippen molar-refractivity contribution in [3.8, 4) is 0 Å². The average Bonchev–Trinajstić information content (AvgIpc) is 2.68. The van der Waals surface area contributed by atoms with E-state index >= 15 is 0 Å². The van der Waals surface area contributed by atoms with Gasteiger partial charge in [-0.1, -0.05) is 34.1 Å². The van der Waals surface area contributed by atoms with Crippen molar-refractivity contribution in [1.29, 1.82) is 0 Å². The number of rotatable bonds is 9. The summed E-state index contributed by atoms with van der Waals surface area (Å²) < 4.78 is 5.48. The van der Waals surface area contributed by atoms with Gasteiger partial charge in [-0.15, -0.1) is 0 Å². The van der Waals surface area contributed by atoms with Crippen LogP contribution in [-0.4, -0.2) is 74.4 Å². The average molecular weight is 412 g/mol. The lowest BCUT2D eigenvalue weighted by molar-refractivity contribution is 0.0566. The van der Waals surface area contributed by atoms with Crippen molar-refractivity contribution in [3.05, 3.63) is 0 Å². The molecule has 2 rings (SSSR count). The zero-order chi connectivity index (χ0) is 21.9. The molecule has 0 spiro atoms. The fourth-order valence-electron chi connectivity index (χ4n) is 4.76. The first-order chi connectivity index (χ1) is 13.7. The molecule has 0 aliphatic carbocycles. The second-order valence-corrected chi connectivity index (χ2v) is 10.6. The molecule has 4 heteroatoms. The van der Waals surface area contributed by atoms with Crippen LogP contribution < -0.4 is 5.32 Å². The van der Waals surface area contributed by atoms with Gasteiger partial charge in [0.1, 0.15) is 0 Å². The minimum atomic E-state index is 0.368. The Morgan fingerprint density at radius 2 is 1.55 bits per heavy atom. The lowest BCUT2D eigenvalue weighted by Gasteiger charge is -2.43. The zero-order valence-electron chi connectivity index (χ0n) is 21.1. The van der Waals surface area contributed by atoms with E-state index in [-0.39, 0.29) is 0 Å². The van der Waals surface area contributed by atoms with Gasteiger partial charge in [-0.3, -0.25) is 4.90 Å². The maximum atomic E-state index is 5.48. The minimum Gasteiger partial charge on any atom is -0.377 e. The Bertz CT molecular complexity index is 397. The molecule has 1 atom stereocenters. The summed E-state index contributed by atoms with van der Waals surface area (Å²) in [6.07, 6.45) is 5.90. The lowest BCUT2D eigenvalue weighted by Crippen LogP contribution is -2.44. The number of nitrogens with zero attached hydrogens (tertiary/aromatic N) is 2. The Morgan fingerprint density at radius 1 is 0.966 bits per heavy atom. The standard InChI is InChI=1S/C16H33N.C9H20N2O/c1-7-14(4)12-16(5,6)15-8-10-17(11-9-15)13(2)3;1-9(2)12-8-7-11-5-3-10-4-6-11/h13-15H,7-12H2,1-6H3;9-10H,3-8H2,1-2H3. The molecular weight excluding hydrogens is 358 g/mol. The van der Waals surface area contributed by atoms with Crippen LogP contribution in [0.1, 0.15) is 81.1 Å². The Morgan fingerprint density at radius 3 is 2.03 bits per heavy atom. The van der Waals surface area contributed by atoms with E-state index in [1.165, 1.54) is 51.9 Å². The van der Waals surface area contributed by atoms with Gasteiger partial charge in [-0.05, 0) is 77.3 Å². The van der Waals surface area contributed by atoms with Gasteiger partial charge in [0.05, 0.1) is 12.7 Å². The Balaban J connectivity index is 0.000000308. The predicted molar refractivity (Wildman–Crippen MR) is 128 cm³/mol. The summed E-state index contributed by atoms with van der Waals surface area (Å²) in [6, 6.07) is 0.730. The number of likely N-dealkylation sites (tertiary alicyclic amines) is 1. The van der Waals surface area contributed by atoms with Crippen LogP contribution in [0.15, 0.2) is 0 Å². The third kappa shape index (κ3) is 11.1. The number of piperazine rings is 1. The molecule has 0 amide bonds. The van der Waals surface area contributed by atoms with Crippen molar-refractivity contribution in [3.63, 3.8) is 0 Å². The fraction of sp³-hybridized carbons (Fsp3) is 1.00. The van der Waals surface area contributed by atoms with E-state index in [1.807, 2.05) is 0 Å². The zero-order valence-corrected chi connectivity index (χ0v) is 21.1. The molecule has 0 aromatic rings. The highest BCUT2D eigenvalue weighted by molar-refractivity contribution is 4.85. The molecule has 0 saturated carbocycles. The molecule has 0 aromatic carbocycles. The molecule has 2 saturated heterocycles. The highest BCUT2D eigenvalue weighted by Crippen LogP contribution is 2.40. The van der Waals surface area contributed by atoms with Crippen molar-refractivity contribution in [2.75, 3.05) is 52.4 Å². The molecule has 2 aliphatic rings. The number of ether oxygens (including phenoxy) is 1. The number of nitrogens with one attached hydrogen (secondary N) is 1. The molecule has 0 aromatic heterocycles. The first-order valence-electron chi connectivity index (χ1n) is 12.4. The van der Waals surface area contributed by atoms with Crippen LogP contribution in [0.5, 0.6) is 0 Å². The Labute approximate surface area is 183 Å². The highest BCUT2D eigenvalue weighted by atomic mass is 16.5. The molecule has 29 heavy (non-hydrogen) atoms. The van der Waals surface area contributed by atoms with E-state index < -0.39 is 0 Å². The van der Waals surface area contributed by atoms with Crippen molar-refractivity contribution in [2.24, 2.45) is 17.3 Å². The van der Waals surface area contributed by atoms with Crippen LogP contribution in [0.4, 0.5) is 0 Å². The molecular formula is C25H53N3O. The van der Waals surface area contributed by atoms with Crippen molar-refractivity contribution >= 4 is 0 Å². The van der Waals surface area contributed by atoms with E-state index in [9.17, 15) is 0 Å². The van der Waals surface area contributed by atoms with Crippen LogP contribution in [0, 0.1) is 17.3 Å². The molecule has 1 N–H and O–H groups in total. The van der Waals surface area contributed by atoms with E-state index in [2.05, 4.69) is 70.5 Å². The molecule has 4 nitrogen and oxygen atoms in total. The summed E-state index contributed by atoms with van der Waals surface area (Å²) in [4.78, 5) is 5.08. The summed E-state index contributed by atoms with van der Waals surface area (Å²) in [5, 5.41) is 3.33. The molecule has 0 bridgehead atoms. The Kier molecular flexibility index (Phi) is 13.0. The molecule has 174 valence electrons. The van der Waals surface area contributed by atoms with Crippen molar-refractivity contribution in [2.45, 2.75) is 93.2 Å². The second-order valence-electron chi connectivity index (χ2n) is 10.6. The number of piperidine rings is 1. The van der Waals surface area contributed by atoms with Gasteiger partial charge in [0, 0.05) is 38.8 Å². The van der Waals surface area contributed by atoms with Gasteiger partial charge < -0.3 is 15.0 Å². The van der Waals surface area contributed by atoms with Gasteiger partial charge >= 0.3 is 0 Å². The highest BCUT2D eigenvalue weighted by Gasteiger charge is 2.33. The number of hydrogen-bond acceptors (Lipinski definition) is 4. The first-order valence-corrected chi connectivity index (χ1v) is 12.4. The van der Waals surface area contributed by atoms with Crippen molar-refractivity contribution < 1.29 is 4.74 Å². The van der Waals surface area contributed by atoms with Crippen LogP contribution in [-0.2, 0) is 4.74 Å². The summed E-state index contributed by atoms with van der Waals surface area (Å²) in [6.45, 7) is 27.7. The Hall–Kier alpha value is -0.160. The normalized spacial score (nSPS) is 21.3. The monoisotopic (exact) mass is 411 g/mol. The van der Waals surface area contributed by atoms with Gasteiger partial charge in [0.25, 0.3) is 0 Å². The third-order valence-corrected chi connectivity index (χ3v) is 7.00. The van der Waals surface area contributed by atoms with Crippen molar-refractivity contribution in [1.82, 2.24) is 15.1 Å². The predicted octanol–water partition coefficient (Wildman–Crippen LogP) is 4.89. The SMILES string of the molecule is CC(C)OCCN1CCNCC1.CCC(C)CC(C)(C)C1CCN(C(C)C)CC1. The van der Waals surface area contributed by atoms with E-state index in [0.29, 0.717) is 11.5 Å². The quantitative estimate of drug-likeness (QED) is 0.585. The van der Waals surface area contributed by atoms with E-state index in [4.69, 9.17) is 4.74 Å². The maximum absolute atomic E-state index is 5.48. The van der Waals surface area contributed by atoms with Crippen LogP contribution in [0.3, 0.4) is 0 Å². The topological polar surface area (TPSA) is 27.7 Å². The summed E-state index contributed by atoms with van der Waals surface area (Å²) in [5.74, 6) is 1.82. The van der Waals surface area contributed by atoms with Gasteiger partial charge in [-0.2, -0.15) is 0 Å². The van der Waals surface area contributed by atoms with E-state index in [1.54, 1.807) is 0 Å². The van der Waals surface area contributed by atoms with Gasteiger partial charge in [0.2, 0.25) is 0 Å². The molecule has 1 unspecified atom stereocenters. The van der Waals surface area contributed by atoms with Gasteiger partial charge in [0.15, 0.2) is 0 Å². The van der Waals surface area contributed by atoms with Crippen LogP contribution in [0.25, 0.3) is 0 Å². The first kappa shape index (κ1) is 26.9. The van der Waals surface area contributed by atoms with Gasteiger partial charge in [-0.25, -0.2) is 0 Å². The fourth-order valence-corrected chi connectivity index (χ4v) is 4.76. The van der Waals surface area contributed by atoms with E-state index in [0.717, 1.165) is 44.1 Å². The summed E-state index contributed by atoms with van der Waals surface area (Å²) in [5.41, 5.74) is 0.540. The summed E-state index contributed by atoms with van der Waals surface area (Å²) in [7, 11) is 0. The molecule has 0 radical (unpaired) electrons. The molecule has 2 heterocycles. The van der Waals surface area contributed by atoms with Crippen LogP contribution in [0.2, 0.25) is 0 Å². The number of hydrogen-bond donors (Lipinski definition) is 1. The largest absolute Gasteiger partial charge is 0.377 e. The lowest BCUT2D eigenvalue weighted by atomic mass is 9.69. The molecule has 2 fully saturated rings. The second kappa shape index (κ2) is 14.0. The van der Waals surface area contributed by atoms with Crippen LogP contribution >= 0.6 is 0 Å². The maximum Gasteiger partial charge on any atom is 0.0596 e. The molecule has 2 aliphatic heterocycles. The third-order valence-electron chi connectivity index (χ3n) is 7.00.